The summed E-state index contributed by atoms with van der Waals surface area (Å²) in [6, 6.07) is 0.697. The number of rotatable bonds is 8. The molecule has 1 aliphatic heterocycles. The second kappa shape index (κ2) is 8.16. The first-order valence-corrected chi connectivity index (χ1v) is 9.56. The van der Waals surface area contributed by atoms with Gasteiger partial charge in [0.1, 0.15) is 0 Å². The molecule has 2 fully saturated rings. The first kappa shape index (κ1) is 16.8. The zero-order valence-electron chi connectivity index (χ0n) is 13.9. The number of allylic oxidation sites excluding steroid dienone is 1. The zero-order valence-corrected chi connectivity index (χ0v) is 14.7. The topological polar surface area (TPSA) is 29.9 Å². The van der Waals surface area contributed by atoms with Gasteiger partial charge in [0.25, 0.3) is 0 Å². The number of hydrogen-bond acceptors (Lipinski definition) is 2. The van der Waals surface area contributed by atoms with Crippen LogP contribution in [-0.2, 0) is 6.54 Å². The molecule has 1 aliphatic carbocycles. The Balaban J connectivity index is 1.68. The van der Waals surface area contributed by atoms with Crippen molar-refractivity contribution < 1.29 is 0 Å². The van der Waals surface area contributed by atoms with E-state index in [-0.39, 0.29) is 0 Å². The fraction of sp³-hybridized carbons (Fsp3) is 0.632. The highest BCUT2D eigenvalue weighted by Crippen LogP contribution is 2.42. The van der Waals surface area contributed by atoms with Gasteiger partial charge in [0.15, 0.2) is 0 Å². The van der Waals surface area contributed by atoms with E-state index < -0.39 is 0 Å². The second-order valence-corrected chi connectivity index (χ2v) is 7.04. The van der Waals surface area contributed by atoms with Crippen molar-refractivity contribution in [3.63, 3.8) is 0 Å². The molecule has 1 N–H and O–H groups in total. The number of nitrogens with zero attached hydrogens (tertiary/aromatic N) is 2. The average Bonchev–Trinajstić information content (AvgIpc) is 3.37. The second-order valence-electron chi connectivity index (χ2n) is 6.73. The molecule has 1 aromatic rings. The molecule has 0 radical (unpaired) electrons. The van der Waals surface area contributed by atoms with Crippen LogP contribution in [0.2, 0.25) is 0 Å². The highest BCUT2D eigenvalue weighted by atomic mass is 35.5. The van der Waals surface area contributed by atoms with E-state index in [1.807, 2.05) is 12.2 Å². The number of alkyl halides is 1. The first-order valence-electron chi connectivity index (χ1n) is 9.02. The van der Waals surface area contributed by atoms with Gasteiger partial charge in [0.2, 0.25) is 0 Å². The van der Waals surface area contributed by atoms with E-state index in [4.69, 9.17) is 16.7 Å². The summed E-state index contributed by atoms with van der Waals surface area (Å²) in [5, 5.41) is 8.54. The van der Waals surface area contributed by atoms with Gasteiger partial charge in [0, 0.05) is 29.9 Å². The maximum Gasteiger partial charge on any atom is 0.0734 e. The van der Waals surface area contributed by atoms with Crippen LogP contribution in [0.5, 0.6) is 0 Å². The van der Waals surface area contributed by atoms with Crippen LogP contribution >= 0.6 is 11.6 Å². The summed E-state index contributed by atoms with van der Waals surface area (Å²) in [5.74, 6) is 1.18. The number of aromatic nitrogens is 2. The van der Waals surface area contributed by atoms with Crippen molar-refractivity contribution in [3.05, 3.63) is 29.6 Å². The molecule has 2 aliphatic rings. The van der Waals surface area contributed by atoms with Crippen LogP contribution in [0.4, 0.5) is 0 Å². The Kier molecular flexibility index (Phi) is 5.96. The molecule has 4 heteroatoms. The normalized spacial score (nSPS) is 21.9. The van der Waals surface area contributed by atoms with Gasteiger partial charge in [-0.3, -0.25) is 4.68 Å². The standard InChI is InChI=1S/C19H28ClN3/c1-2-17-18(9-5-12-20)23(22-19(17)15-10-11-15)14-6-8-16-7-3-4-13-21-16/h2,5,9,15-16,21H,1,3-4,6-8,10-14H2/b9-5-. The Morgan fingerprint density at radius 3 is 2.83 bits per heavy atom. The SMILES string of the molecule is C=Cc1c(C2CC2)nn(CCCC2CCCCN2)c1/C=C\CCl. The van der Waals surface area contributed by atoms with Crippen molar-refractivity contribution in [1.82, 2.24) is 15.1 Å². The lowest BCUT2D eigenvalue weighted by molar-refractivity contribution is 0.365. The molecule has 1 aromatic heterocycles. The smallest absolute Gasteiger partial charge is 0.0734 e. The number of hydrogen-bond donors (Lipinski definition) is 1. The van der Waals surface area contributed by atoms with Crippen molar-refractivity contribution in [2.24, 2.45) is 0 Å². The summed E-state index contributed by atoms with van der Waals surface area (Å²) in [4.78, 5) is 0. The summed E-state index contributed by atoms with van der Waals surface area (Å²) in [7, 11) is 0. The van der Waals surface area contributed by atoms with Gasteiger partial charge < -0.3 is 5.32 Å². The van der Waals surface area contributed by atoms with Crippen molar-refractivity contribution in [1.29, 1.82) is 0 Å². The van der Waals surface area contributed by atoms with E-state index in [0.717, 1.165) is 6.54 Å². The van der Waals surface area contributed by atoms with Gasteiger partial charge in [-0.05, 0) is 51.1 Å². The molecule has 2 heterocycles. The van der Waals surface area contributed by atoms with Gasteiger partial charge in [-0.2, -0.15) is 5.10 Å². The number of nitrogens with one attached hydrogen (secondary N) is 1. The van der Waals surface area contributed by atoms with Crippen LogP contribution in [0.1, 0.15) is 67.8 Å². The molecule has 0 spiro atoms. The van der Waals surface area contributed by atoms with E-state index in [9.17, 15) is 0 Å². The number of halogens is 1. The lowest BCUT2D eigenvalue weighted by Gasteiger charge is -2.23. The van der Waals surface area contributed by atoms with Crippen LogP contribution in [0.3, 0.4) is 0 Å². The predicted molar refractivity (Wildman–Crippen MR) is 98.9 cm³/mol. The molecule has 1 unspecified atom stereocenters. The Morgan fingerprint density at radius 2 is 2.17 bits per heavy atom. The molecule has 3 nitrogen and oxygen atoms in total. The maximum atomic E-state index is 5.84. The van der Waals surface area contributed by atoms with E-state index in [2.05, 4.69) is 22.7 Å². The number of aryl methyl sites for hydroxylation is 1. The van der Waals surface area contributed by atoms with Gasteiger partial charge >= 0.3 is 0 Å². The van der Waals surface area contributed by atoms with Crippen molar-refractivity contribution in [2.45, 2.75) is 63.5 Å². The quantitative estimate of drug-likeness (QED) is 0.706. The molecule has 0 aromatic carbocycles. The van der Waals surface area contributed by atoms with E-state index >= 15 is 0 Å². The maximum absolute atomic E-state index is 5.84. The molecule has 126 valence electrons. The lowest BCUT2D eigenvalue weighted by Crippen LogP contribution is -2.34. The largest absolute Gasteiger partial charge is 0.314 e. The summed E-state index contributed by atoms with van der Waals surface area (Å²) in [6.07, 6.45) is 15.0. The van der Waals surface area contributed by atoms with E-state index in [0.29, 0.717) is 17.8 Å². The fourth-order valence-corrected chi connectivity index (χ4v) is 3.62. The zero-order chi connectivity index (χ0) is 16.1. The predicted octanol–water partition coefficient (Wildman–Crippen LogP) is 4.58. The molecule has 0 amide bonds. The van der Waals surface area contributed by atoms with Crippen molar-refractivity contribution in [3.8, 4) is 0 Å². The molecular formula is C19H28ClN3. The Labute approximate surface area is 144 Å². The van der Waals surface area contributed by atoms with Crippen LogP contribution < -0.4 is 5.32 Å². The third-order valence-corrected chi connectivity index (χ3v) is 5.10. The Hall–Kier alpha value is -1.06. The molecule has 1 saturated heterocycles. The van der Waals surface area contributed by atoms with Crippen LogP contribution in [-0.4, -0.2) is 28.2 Å². The van der Waals surface area contributed by atoms with Gasteiger partial charge in [-0.1, -0.05) is 25.2 Å². The molecular weight excluding hydrogens is 306 g/mol. The summed E-state index contributed by atoms with van der Waals surface area (Å²) >= 11 is 5.84. The van der Waals surface area contributed by atoms with Crippen LogP contribution in [0.15, 0.2) is 12.7 Å². The Bertz CT molecular complexity index is 551. The minimum atomic E-state index is 0.534. The van der Waals surface area contributed by atoms with Crippen LogP contribution in [0, 0.1) is 0 Å². The van der Waals surface area contributed by atoms with E-state index in [1.54, 1.807) is 0 Å². The molecule has 23 heavy (non-hydrogen) atoms. The minimum absolute atomic E-state index is 0.534. The molecule has 1 atom stereocenters. The van der Waals surface area contributed by atoms with Crippen molar-refractivity contribution >= 4 is 23.8 Å². The van der Waals surface area contributed by atoms with E-state index in [1.165, 1.54) is 68.4 Å². The molecule has 1 saturated carbocycles. The van der Waals surface area contributed by atoms with Crippen molar-refractivity contribution in [2.75, 3.05) is 12.4 Å². The monoisotopic (exact) mass is 333 g/mol. The third-order valence-electron chi connectivity index (χ3n) is 4.93. The average molecular weight is 334 g/mol. The minimum Gasteiger partial charge on any atom is -0.314 e. The molecule has 3 rings (SSSR count). The number of piperidine rings is 1. The summed E-state index contributed by atoms with van der Waals surface area (Å²) < 4.78 is 2.18. The summed E-state index contributed by atoms with van der Waals surface area (Å²) in [6.45, 7) is 6.17. The molecule has 0 bridgehead atoms. The summed E-state index contributed by atoms with van der Waals surface area (Å²) in [5.41, 5.74) is 3.63. The fourth-order valence-electron chi connectivity index (χ4n) is 3.54. The van der Waals surface area contributed by atoms with Gasteiger partial charge in [-0.15, -0.1) is 11.6 Å². The highest BCUT2D eigenvalue weighted by molar-refractivity contribution is 6.19. The highest BCUT2D eigenvalue weighted by Gasteiger charge is 2.30. The Morgan fingerprint density at radius 1 is 1.30 bits per heavy atom. The first-order chi connectivity index (χ1) is 11.3. The van der Waals surface area contributed by atoms with Crippen LogP contribution in [0.25, 0.3) is 12.2 Å². The van der Waals surface area contributed by atoms with Gasteiger partial charge in [-0.25, -0.2) is 0 Å². The third kappa shape index (κ3) is 4.27. The lowest BCUT2D eigenvalue weighted by atomic mass is 10.0. The van der Waals surface area contributed by atoms with Gasteiger partial charge in [0.05, 0.1) is 11.4 Å².